The van der Waals surface area contributed by atoms with E-state index in [1.54, 1.807) is 20.8 Å². The molecule has 1 aliphatic rings. The van der Waals surface area contributed by atoms with Crippen molar-refractivity contribution in [3.8, 4) is 5.88 Å². The highest BCUT2D eigenvalue weighted by Gasteiger charge is 2.48. The predicted molar refractivity (Wildman–Crippen MR) is 96.2 cm³/mol. The maximum atomic E-state index is 12.8. The second-order valence-corrected chi connectivity index (χ2v) is 8.12. The number of aliphatic hydroxyl groups is 2. The number of hydrogen-bond acceptors (Lipinski definition) is 7. The van der Waals surface area contributed by atoms with Gasteiger partial charge in [-0.2, -0.15) is 0 Å². The molecule has 3 atom stereocenters. The first-order chi connectivity index (χ1) is 12.3. The van der Waals surface area contributed by atoms with Gasteiger partial charge in [0.2, 0.25) is 0 Å². The molecule has 0 spiro atoms. The highest BCUT2D eigenvalue weighted by atomic mass is 16.6. The molecule has 0 aromatic carbocycles. The largest absolute Gasteiger partial charge is 0.494 e. The molecule has 27 heavy (non-hydrogen) atoms. The van der Waals surface area contributed by atoms with E-state index in [0.717, 1.165) is 0 Å². The van der Waals surface area contributed by atoms with Crippen molar-refractivity contribution in [3.63, 3.8) is 0 Å². The van der Waals surface area contributed by atoms with Crippen LogP contribution in [0.2, 0.25) is 0 Å². The molecule has 2 heterocycles. The fourth-order valence-corrected chi connectivity index (χ4v) is 3.20. The Hall–Kier alpha value is -2.10. The number of pyridine rings is 1. The summed E-state index contributed by atoms with van der Waals surface area (Å²) in [5.41, 5.74) is -0.967. The van der Waals surface area contributed by atoms with Crippen LogP contribution in [0, 0.1) is 0 Å². The molecule has 1 saturated heterocycles. The highest BCUT2D eigenvalue weighted by molar-refractivity contribution is 5.70. The zero-order valence-corrected chi connectivity index (χ0v) is 16.2. The third-order valence-electron chi connectivity index (χ3n) is 4.10. The Balaban J connectivity index is 2.46. The molecule has 2 unspecified atom stereocenters. The summed E-state index contributed by atoms with van der Waals surface area (Å²) in [6, 6.07) is 1.13. The number of carbonyl (C=O) groups excluding carboxylic acids is 1. The Bertz CT molecular complexity index is 732. The minimum absolute atomic E-state index is 0.189. The van der Waals surface area contributed by atoms with Gasteiger partial charge in [0.1, 0.15) is 5.60 Å². The van der Waals surface area contributed by atoms with Crippen molar-refractivity contribution in [3.05, 3.63) is 28.0 Å². The maximum Gasteiger partial charge on any atom is 0.411 e. The summed E-state index contributed by atoms with van der Waals surface area (Å²) in [5, 5.41) is 30.1. The van der Waals surface area contributed by atoms with E-state index in [2.05, 4.69) is 4.98 Å². The average molecular weight is 384 g/mol. The van der Waals surface area contributed by atoms with E-state index in [9.17, 15) is 24.9 Å². The van der Waals surface area contributed by atoms with E-state index in [1.807, 2.05) is 0 Å². The number of hydrogen-bond donors (Lipinski definition) is 4. The van der Waals surface area contributed by atoms with Crippen LogP contribution in [0.3, 0.4) is 0 Å². The molecule has 1 aliphatic heterocycles. The smallest absolute Gasteiger partial charge is 0.411 e. The van der Waals surface area contributed by atoms with Gasteiger partial charge in [0, 0.05) is 18.1 Å². The third-order valence-corrected chi connectivity index (χ3v) is 4.10. The Morgan fingerprint density at radius 2 is 1.93 bits per heavy atom. The zero-order valence-electron chi connectivity index (χ0n) is 16.2. The summed E-state index contributed by atoms with van der Waals surface area (Å²) >= 11 is 0. The number of carbonyl (C=O) groups is 1. The molecule has 2 rings (SSSR count). The second-order valence-electron chi connectivity index (χ2n) is 8.12. The number of aromatic amines is 1. The monoisotopic (exact) mass is 384 g/mol. The van der Waals surface area contributed by atoms with Crippen molar-refractivity contribution in [1.29, 1.82) is 0 Å². The molecule has 9 nitrogen and oxygen atoms in total. The number of amides is 1. The summed E-state index contributed by atoms with van der Waals surface area (Å²) < 4.78 is 11.1. The van der Waals surface area contributed by atoms with Crippen molar-refractivity contribution in [2.75, 3.05) is 6.61 Å². The molecular weight excluding hydrogens is 356 g/mol. The van der Waals surface area contributed by atoms with Crippen molar-refractivity contribution in [1.82, 2.24) is 9.88 Å². The first-order valence-corrected chi connectivity index (χ1v) is 8.77. The van der Waals surface area contributed by atoms with Crippen LogP contribution in [-0.2, 0) is 9.47 Å². The van der Waals surface area contributed by atoms with Gasteiger partial charge in [0.05, 0.1) is 24.8 Å². The lowest BCUT2D eigenvalue weighted by Gasteiger charge is -2.33. The van der Waals surface area contributed by atoms with E-state index in [-0.39, 0.29) is 12.3 Å². The molecule has 1 amide bonds. The Morgan fingerprint density at radius 1 is 1.30 bits per heavy atom. The van der Waals surface area contributed by atoms with Gasteiger partial charge in [0.15, 0.2) is 11.7 Å². The van der Waals surface area contributed by atoms with Crippen LogP contribution in [0.4, 0.5) is 4.79 Å². The summed E-state index contributed by atoms with van der Waals surface area (Å²) in [5.74, 6) is -1.86. The molecule has 0 radical (unpaired) electrons. The SMILES string of the molecule is CC(C)(C)OC(=O)N1C(c2ccc(=O)[nH]c2O)C[C@H](OC(C)(C)O)C1CO. The van der Waals surface area contributed by atoms with Crippen molar-refractivity contribution in [2.24, 2.45) is 0 Å². The van der Waals surface area contributed by atoms with Crippen LogP contribution < -0.4 is 5.56 Å². The van der Waals surface area contributed by atoms with E-state index < -0.39 is 47.8 Å². The Kier molecular flexibility index (Phi) is 5.88. The normalized spacial score (nSPS) is 23.5. The summed E-state index contributed by atoms with van der Waals surface area (Å²) in [7, 11) is 0. The number of H-pyrrole nitrogens is 1. The fraction of sp³-hybridized carbons (Fsp3) is 0.667. The molecule has 0 bridgehead atoms. The van der Waals surface area contributed by atoms with E-state index in [4.69, 9.17) is 9.47 Å². The summed E-state index contributed by atoms with van der Waals surface area (Å²) in [6.45, 7) is 7.61. The average Bonchev–Trinajstić information content (AvgIpc) is 2.81. The number of aromatic nitrogens is 1. The quantitative estimate of drug-likeness (QED) is 0.574. The minimum Gasteiger partial charge on any atom is -0.494 e. The Morgan fingerprint density at radius 3 is 2.41 bits per heavy atom. The van der Waals surface area contributed by atoms with Crippen LogP contribution in [-0.4, -0.2) is 61.4 Å². The zero-order chi connectivity index (χ0) is 20.6. The summed E-state index contributed by atoms with van der Waals surface area (Å²) in [4.78, 5) is 27.8. The number of aliphatic hydroxyl groups excluding tert-OH is 1. The first kappa shape index (κ1) is 21.2. The Labute approximate surface area is 157 Å². The summed E-state index contributed by atoms with van der Waals surface area (Å²) in [6.07, 6.45) is -1.22. The molecule has 1 aromatic heterocycles. The molecule has 1 aromatic rings. The maximum absolute atomic E-state index is 12.8. The number of ether oxygens (including phenoxy) is 2. The van der Waals surface area contributed by atoms with E-state index in [1.165, 1.54) is 30.9 Å². The van der Waals surface area contributed by atoms with Gasteiger partial charge in [-0.1, -0.05) is 0 Å². The lowest BCUT2D eigenvalue weighted by atomic mass is 10.0. The van der Waals surface area contributed by atoms with Crippen LogP contribution in [0.5, 0.6) is 5.88 Å². The molecule has 4 N–H and O–H groups in total. The number of nitrogens with zero attached hydrogens (tertiary/aromatic N) is 1. The lowest BCUT2D eigenvalue weighted by Crippen LogP contribution is -2.47. The van der Waals surface area contributed by atoms with Crippen LogP contribution in [0.1, 0.15) is 52.6 Å². The fourth-order valence-electron chi connectivity index (χ4n) is 3.20. The number of aromatic hydroxyl groups is 1. The van der Waals surface area contributed by atoms with Gasteiger partial charge in [-0.05, 0) is 40.7 Å². The topological polar surface area (TPSA) is 132 Å². The van der Waals surface area contributed by atoms with Gasteiger partial charge < -0.3 is 24.8 Å². The number of rotatable bonds is 4. The van der Waals surface area contributed by atoms with Crippen LogP contribution in [0.25, 0.3) is 0 Å². The van der Waals surface area contributed by atoms with Gasteiger partial charge in [-0.25, -0.2) is 4.79 Å². The van der Waals surface area contributed by atoms with Crippen LogP contribution in [0.15, 0.2) is 16.9 Å². The lowest BCUT2D eigenvalue weighted by molar-refractivity contribution is -0.211. The highest BCUT2D eigenvalue weighted by Crippen LogP contribution is 2.41. The van der Waals surface area contributed by atoms with Crippen molar-refractivity contribution >= 4 is 6.09 Å². The molecule has 0 aliphatic carbocycles. The third kappa shape index (κ3) is 5.21. The predicted octanol–water partition coefficient (Wildman–Crippen LogP) is 1.24. The molecule has 9 heteroatoms. The molecular formula is C18H28N2O7. The van der Waals surface area contributed by atoms with E-state index >= 15 is 0 Å². The minimum atomic E-state index is -1.49. The molecule has 152 valence electrons. The van der Waals surface area contributed by atoms with Gasteiger partial charge >= 0.3 is 6.09 Å². The van der Waals surface area contributed by atoms with Crippen LogP contribution >= 0.6 is 0 Å². The van der Waals surface area contributed by atoms with Crippen molar-refractivity contribution < 1.29 is 29.6 Å². The number of nitrogens with one attached hydrogen (secondary N) is 1. The van der Waals surface area contributed by atoms with Gasteiger partial charge in [0.25, 0.3) is 5.56 Å². The van der Waals surface area contributed by atoms with Gasteiger partial charge in [-0.15, -0.1) is 0 Å². The van der Waals surface area contributed by atoms with Crippen molar-refractivity contribution in [2.45, 2.75) is 70.6 Å². The van der Waals surface area contributed by atoms with E-state index in [0.29, 0.717) is 5.56 Å². The van der Waals surface area contributed by atoms with Gasteiger partial charge in [-0.3, -0.25) is 14.7 Å². The number of likely N-dealkylation sites (tertiary alicyclic amines) is 1. The molecule has 0 saturated carbocycles. The standard InChI is InChI=1S/C18H28N2O7/c1-17(2,3)27-16(24)20-11(10-6-7-14(22)19-15(10)23)8-13(12(20)9-21)26-18(4,5)25/h6-7,11-13,21,25H,8-9H2,1-5H3,(H2,19,22,23)/t11?,12?,13-/m0/s1. The second kappa shape index (κ2) is 7.49. The first-order valence-electron chi connectivity index (χ1n) is 8.77. The molecule has 1 fully saturated rings.